The van der Waals surface area contributed by atoms with Crippen molar-refractivity contribution in [3.05, 3.63) is 62.7 Å². The predicted octanol–water partition coefficient (Wildman–Crippen LogP) is 5.56. The van der Waals surface area contributed by atoms with Gasteiger partial charge >= 0.3 is 5.97 Å². The fraction of sp³-hybridized carbons (Fsp3) is 0.273. The molecule has 0 saturated carbocycles. The molecule has 5 nitrogen and oxygen atoms in total. The number of ether oxygens (including phenoxy) is 2. The molecule has 0 amide bonds. The predicted molar refractivity (Wildman–Crippen MR) is 117 cm³/mol. The molecule has 1 heterocycles. The summed E-state index contributed by atoms with van der Waals surface area (Å²) in [5, 5.41) is 1.13. The van der Waals surface area contributed by atoms with Crippen molar-refractivity contribution < 1.29 is 19.1 Å². The van der Waals surface area contributed by atoms with Crippen LogP contribution in [0.2, 0.25) is 5.02 Å². The number of rotatable bonds is 6. The van der Waals surface area contributed by atoms with E-state index in [9.17, 15) is 9.59 Å². The number of fused-ring (bicyclic) bond motifs is 1. The van der Waals surface area contributed by atoms with Crippen molar-refractivity contribution in [3.63, 3.8) is 0 Å². The number of hydrogen-bond donors (Lipinski definition) is 0. The molecule has 0 N–H and O–H groups in total. The van der Waals surface area contributed by atoms with Crippen molar-refractivity contribution in [3.8, 4) is 5.75 Å². The zero-order valence-electron chi connectivity index (χ0n) is 16.4. The van der Waals surface area contributed by atoms with E-state index in [0.29, 0.717) is 34.2 Å². The van der Waals surface area contributed by atoms with Crippen LogP contribution in [0.4, 0.5) is 0 Å². The van der Waals surface area contributed by atoms with Crippen LogP contribution in [0.3, 0.4) is 0 Å². The minimum Gasteiger partial charge on any atom is -0.495 e. The summed E-state index contributed by atoms with van der Waals surface area (Å²) in [7, 11) is 1.53. The molecule has 29 heavy (non-hydrogen) atoms. The lowest BCUT2D eigenvalue weighted by Crippen LogP contribution is -2.14. The lowest BCUT2D eigenvalue weighted by Gasteiger charge is -2.09. The molecular formula is C22H21BrClNO4. The number of esters is 1. The van der Waals surface area contributed by atoms with Crippen LogP contribution in [0, 0.1) is 6.92 Å². The third-order valence-electron chi connectivity index (χ3n) is 4.69. The maximum Gasteiger partial charge on any atom is 0.310 e. The third-order valence-corrected chi connectivity index (χ3v) is 5.51. The molecule has 0 bridgehead atoms. The van der Waals surface area contributed by atoms with E-state index in [2.05, 4.69) is 15.9 Å². The maximum absolute atomic E-state index is 13.3. The highest BCUT2D eigenvalue weighted by atomic mass is 79.9. The molecule has 0 spiro atoms. The minimum absolute atomic E-state index is 0.0632. The largest absolute Gasteiger partial charge is 0.495 e. The third kappa shape index (κ3) is 4.33. The molecule has 7 heteroatoms. The van der Waals surface area contributed by atoms with Crippen molar-refractivity contribution in [2.24, 2.45) is 0 Å². The van der Waals surface area contributed by atoms with Crippen LogP contribution in [0.15, 0.2) is 40.9 Å². The lowest BCUT2D eigenvalue weighted by molar-refractivity contribution is -0.142. The Bertz CT molecular complexity index is 1070. The summed E-state index contributed by atoms with van der Waals surface area (Å²) >= 11 is 9.72. The van der Waals surface area contributed by atoms with Gasteiger partial charge in [-0.2, -0.15) is 0 Å². The smallest absolute Gasteiger partial charge is 0.310 e. The first-order valence-electron chi connectivity index (χ1n) is 9.20. The number of carbonyl (C=O) groups excluding carboxylic acids is 2. The highest BCUT2D eigenvalue weighted by molar-refractivity contribution is 9.10. The highest BCUT2D eigenvalue weighted by Gasteiger charge is 2.23. The Morgan fingerprint density at radius 2 is 1.86 bits per heavy atom. The van der Waals surface area contributed by atoms with Gasteiger partial charge in [-0.1, -0.05) is 34.5 Å². The van der Waals surface area contributed by atoms with Gasteiger partial charge in [0.15, 0.2) is 0 Å². The quantitative estimate of drug-likeness (QED) is 0.435. The second-order valence-corrected chi connectivity index (χ2v) is 7.94. The van der Waals surface area contributed by atoms with E-state index < -0.39 is 0 Å². The summed E-state index contributed by atoms with van der Waals surface area (Å²) in [6.45, 7) is 4.12. The molecule has 2 aromatic carbocycles. The Morgan fingerprint density at radius 3 is 2.48 bits per heavy atom. The number of carbonyl (C=O) groups is 2. The lowest BCUT2D eigenvalue weighted by atomic mass is 10.1. The van der Waals surface area contributed by atoms with Crippen molar-refractivity contribution in [1.82, 2.24) is 4.57 Å². The summed E-state index contributed by atoms with van der Waals surface area (Å²) in [6.07, 6.45) is 0.811. The first kappa shape index (κ1) is 21.4. The molecule has 3 aromatic rings. The van der Waals surface area contributed by atoms with E-state index in [1.165, 1.54) is 7.11 Å². The van der Waals surface area contributed by atoms with E-state index in [4.69, 9.17) is 21.1 Å². The van der Waals surface area contributed by atoms with Crippen molar-refractivity contribution in [2.45, 2.75) is 26.7 Å². The number of hydrogen-bond acceptors (Lipinski definition) is 4. The molecule has 0 fully saturated rings. The first-order valence-corrected chi connectivity index (χ1v) is 10.4. The Hall–Kier alpha value is -2.31. The van der Waals surface area contributed by atoms with Crippen LogP contribution in [-0.4, -0.2) is 30.2 Å². The number of aromatic nitrogens is 1. The summed E-state index contributed by atoms with van der Waals surface area (Å²) in [6, 6.07) is 10.6. The van der Waals surface area contributed by atoms with Crippen LogP contribution in [0.1, 0.15) is 35.0 Å². The van der Waals surface area contributed by atoms with Crippen LogP contribution in [-0.2, 0) is 16.0 Å². The van der Waals surface area contributed by atoms with Crippen molar-refractivity contribution >= 4 is 50.3 Å². The van der Waals surface area contributed by atoms with Gasteiger partial charge < -0.3 is 9.47 Å². The SMILES string of the molecule is CCCOC(=O)Cc1c(C)n(C(=O)c2ccc(Br)cc2)c2cc(Cl)c(OC)cc12. The summed E-state index contributed by atoms with van der Waals surface area (Å²) in [4.78, 5) is 25.6. The van der Waals surface area contributed by atoms with Gasteiger partial charge in [-0.15, -0.1) is 0 Å². The fourth-order valence-corrected chi connectivity index (χ4v) is 3.75. The highest BCUT2D eigenvalue weighted by Crippen LogP contribution is 2.35. The zero-order chi connectivity index (χ0) is 21.1. The van der Waals surface area contributed by atoms with Gasteiger partial charge in [0.2, 0.25) is 0 Å². The van der Waals surface area contributed by atoms with Crippen molar-refractivity contribution in [2.75, 3.05) is 13.7 Å². The topological polar surface area (TPSA) is 57.5 Å². The molecule has 152 valence electrons. The molecule has 1 aromatic heterocycles. The molecule has 0 aliphatic heterocycles. The Kier molecular flexibility index (Phi) is 6.65. The summed E-state index contributed by atoms with van der Waals surface area (Å²) in [5.41, 5.74) is 2.55. The number of benzene rings is 2. The van der Waals surface area contributed by atoms with Gasteiger partial charge in [0.05, 0.1) is 30.7 Å². The van der Waals surface area contributed by atoms with Crippen LogP contribution in [0.5, 0.6) is 5.75 Å². The zero-order valence-corrected chi connectivity index (χ0v) is 18.8. The number of halogens is 2. The van der Waals surface area contributed by atoms with Gasteiger partial charge in [0.25, 0.3) is 5.91 Å². The van der Waals surface area contributed by atoms with Gasteiger partial charge in [0, 0.05) is 21.1 Å². The van der Waals surface area contributed by atoms with Gasteiger partial charge in [-0.3, -0.25) is 14.2 Å². The first-order chi connectivity index (χ1) is 13.9. The van der Waals surface area contributed by atoms with Gasteiger partial charge in [-0.25, -0.2) is 0 Å². The average molecular weight is 479 g/mol. The summed E-state index contributed by atoms with van der Waals surface area (Å²) < 4.78 is 13.1. The second kappa shape index (κ2) is 9.01. The van der Waals surface area contributed by atoms with Gasteiger partial charge in [-0.05, 0) is 55.3 Å². The molecule has 0 radical (unpaired) electrons. The molecule has 0 atom stereocenters. The average Bonchev–Trinajstić information content (AvgIpc) is 2.96. The van der Waals surface area contributed by atoms with Gasteiger partial charge in [0.1, 0.15) is 5.75 Å². The normalized spacial score (nSPS) is 10.9. The van der Waals surface area contributed by atoms with Crippen LogP contribution < -0.4 is 4.74 Å². The van der Waals surface area contributed by atoms with E-state index in [1.54, 1.807) is 28.8 Å². The Morgan fingerprint density at radius 1 is 1.17 bits per heavy atom. The molecule has 3 rings (SSSR count). The van der Waals surface area contributed by atoms with E-state index in [1.807, 2.05) is 26.0 Å². The van der Waals surface area contributed by atoms with Crippen LogP contribution >= 0.6 is 27.5 Å². The molecule has 0 saturated heterocycles. The fourth-order valence-electron chi connectivity index (χ4n) is 3.25. The Labute approximate surface area is 182 Å². The van der Waals surface area contributed by atoms with E-state index >= 15 is 0 Å². The minimum atomic E-state index is -0.334. The molecule has 0 aliphatic carbocycles. The monoisotopic (exact) mass is 477 g/mol. The summed E-state index contributed by atoms with van der Waals surface area (Å²) in [5.74, 6) is -0.0519. The standard InChI is InChI=1S/C22H21BrClNO4/c1-4-9-29-21(26)11-16-13(2)25(22(27)14-5-7-15(23)8-6-14)19-12-18(24)20(28-3)10-17(16)19/h5-8,10,12H,4,9,11H2,1-3H3. The van der Waals surface area contributed by atoms with E-state index in [0.717, 1.165) is 21.8 Å². The van der Waals surface area contributed by atoms with Crippen molar-refractivity contribution in [1.29, 1.82) is 0 Å². The number of methoxy groups -OCH3 is 1. The molecule has 0 aliphatic rings. The van der Waals surface area contributed by atoms with E-state index in [-0.39, 0.29) is 18.3 Å². The number of nitrogens with zero attached hydrogens (tertiary/aromatic N) is 1. The second-order valence-electron chi connectivity index (χ2n) is 6.61. The Balaban J connectivity index is 2.17. The maximum atomic E-state index is 13.3. The molecule has 0 unspecified atom stereocenters. The van der Waals surface area contributed by atoms with Crippen LogP contribution in [0.25, 0.3) is 10.9 Å². The molecular weight excluding hydrogens is 458 g/mol.